The number of carbonyl (C=O) groups is 1. The third-order valence-electron chi connectivity index (χ3n) is 5.54. The van der Waals surface area contributed by atoms with Crippen molar-refractivity contribution in [2.45, 2.75) is 51.7 Å². The Balaban J connectivity index is 2.45. The summed E-state index contributed by atoms with van der Waals surface area (Å²) in [6, 6.07) is 20.6. The molecule has 0 heterocycles. The van der Waals surface area contributed by atoms with E-state index in [1.165, 1.54) is 10.4 Å². The molecule has 2 rings (SSSR count). The van der Waals surface area contributed by atoms with E-state index in [-0.39, 0.29) is 10.8 Å². The summed E-state index contributed by atoms with van der Waals surface area (Å²) in [5, 5.41) is 21.9. The minimum absolute atomic E-state index is 0.152. The van der Waals surface area contributed by atoms with Crippen molar-refractivity contribution in [1.82, 2.24) is 0 Å². The lowest BCUT2D eigenvalue weighted by molar-refractivity contribution is -0.134. The molecule has 0 bridgehead atoms. The predicted octanol–water partition coefficient (Wildman–Crippen LogP) is 2.90. The molecular weight excluding hydrogens is 380 g/mol. The Labute approximate surface area is 175 Å². The lowest BCUT2D eigenvalue weighted by atomic mass is 9.85. The summed E-state index contributed by atoms with van der Waals surface area (Å²) in [7, 11) is -2.68. The van der Waals surface area contributed by atoms with Crippen molar-refractivity contribution in [3.63, 3.8) is 0 Å². The maximum absolute atomic E-state index is 12.2. The Morgan fingerprint density at radius 1 is 0.931 bits per heavy atom. The first-order chi connectivity index (χ1) is 13.5. The van der Waals surface area contributed by atoms with Crippen LogP contribution in [-0.4, -0.2) is 43.1 Å². The number of aliphatic hydroxyl groups excluding tert-OH is 1. The highest BCUT2D eigenvalue weighted by molar-refractivity contribution is 6.99. The van der Waals surface area contributed by atoms with Gasteiger partial charge in [-0.15, -0.1) is 0 Å². The van der Waals surface area contributed by atoms with Crippen LogP contribution in [0.1, 0.15) is 41.0 Å². The first-order valence-corrected chi connectivity index (χ1v) is 12.1. The fraction of sp³-hybridized carbons (Fsp3) is 0.458. The monoisotopic (exact) mass is 414 g/mol. The summed E-state index contributed by atoms with van der Waals surface area (Å²) in [5.41, 5.74) is -1.21. The smallest absolute Gasteiger partial charge is 0.261 e. The standard InChI is InChI=1S/C24H34O4Si/c1-23(2,3)29(19-12-8-6-9-13-19,20-14-10-7-11-15-20)28-17-16-21(22(26)18-25)24(4,5)27/h6-15,21,25,27H,16-18H2,1-5H3. The average Bonchev–Trinajstić information content (AvgIpc) is 2.67. The molecule has 5 heteroatoms. The summed E-state index contributed by atoms with van der Waals surface area (Å²) in [4.78, 5) is 12.2. The van der Waals surface area contributed by atoms with Crippen molar-refractivity contribution in [3.8, 4) is 0 Å². The lowest BCUT2D eigenvalue weighted by Gasteiger charge is -2.43. The second-order valence-corrected chi connectivity index (χ2v) is 13.4. The average molecular weight is 415 g/mol. The largest absolute Gasteiger partial charge is 0.407 e. The summed E-state index contributed by atoms with van der Waals surface area (Å²) < 4.78 is 6.78. The van der Waals surface area contributed by atoms with E-state index in [4.69, 9.17) is 4.43 Å². The molecule has 0 aliphatic rings. The molecule has 4 nitrogen and oxygen atoms in total. The van der Waals surface area contributed by atoms with E-state index in [9.17, 15) is 15.0 Å². The summed E-state index contributed by atoms with van der Waals surface area (Å²) >= 11 is 0. The van der Waals surface area contributed by atoms with Gasteiger partial charge in [0.05, 0.1) is 11.5 Å². The number of carbonyl (C=O) groups excluding carboxylic acids is 1. The molecule has 0 aromatic heterocycles. The maximum Gasteiger partial charge on any atom is 0.261 e. The van der Waals surface area contributed by atoms with Gasteiger partial charge in [-0.3, -0.25) is 4.79 Å². The van der Waals surface area contributed by atoms with Crippen LogP contribution in [0.3, 0.4) is 0 Å². The molecule has 0 saturated heterocycles. The van der Waals surface area contributed by atoms with Crippen LogP contribution in [0.15, 0.2) is 60.7 Å². The van der Waals surface area contributed by atoms with Crippen molar-refractivity contribution < 1.29 is 19.4 Å². The Bertz CT molecular complexity index is 737. The predicted molar refractivity (Wildman–Crippen MR) is 120 cm³/mol. The molecule has 1 unspecified atom stereocenters. The van der Waals surface area contributed by atoms with Crippen LogP contribution >= 0.6 is 0 Å². The first-order valence-electron chi connectivity index (χ1n) is 10.1. The zero-order valence-electron chi connectivity index (χ0n) is 18.2. The second-order valence-electron chi connectivity index (χ2n) is 9.13. The van der Waals surface area contributed by atoms with Gasteiger partial charge in [0, 0.05) is 6.61 Å². The third-order valence-corrected chi connectivity index (χ3v) is 10.6. The minimum atomic E-state index is -2.68. The van der Waals surface area contributed by atoms with Gasteiger partial charge >= 0.3 is 0 Å². The molecule has 0 radical (unpaired) electrons. The molecule has 1 atom stereocenters. The Morgan fingerprint density at radius 2 is 1.38 bits per heavy atom. The fourth-order valence-corrected chi connectivity index (χ4v) is 8.69. The summed E-state index contributed by atoms with van der Waals surface area (Å²) in [5.74, 6) is -1.03. The first kappa shape index (κ1) is 23.5. The van der Waals surface area contributed by atoms with E-state index in [1.807, 2.05) is 36.4 Å². The van der Waals surface area contributed by atoms with E-state index in [2.05, 4.69) is 45.0 Å². The Morgan fingerprint density at radius 3 is 1.72 bits per heavy atom. The molecule has 29 heavy (non-hydrogen) atoms. The molecule has 2 N–H and O–H groups in total. The van der Waals surface area contributed by atoms with E-state index in [0.29, 0.717) is 13.0 Å². The number of ketones is 1. The van der Waals surface area contributed by atoms with Crippen molar-refractivity contribution >= 4 is 24.5 Å². The van der Waals surface area contributed by atoms with Gasteiger partial charge in [0.2, 0.25) is 0 Å². The van der Waals surface area contributed by atoms with Crippen molar-refractivity contribution in [3.05, 3.63) is 60.7 Å². The van der Waals surface area contributed by atoms with Crippen LogP contribution in [0.4, 0.5) is 0 Å². The summed E-state index contributed by atoms with van der Waals surface area (Å²) in [6.07, 6.45) is 0.355. The number of hydrogen-bond acceptors (Lipinski definition) is 4. The van der Waals surface area contributed by atoms with Crippen LogP contribution < -0.4 is 10.4 Å². The topological polar surface area (TPSA) is 66.8 Å². The van der Waals surface area contributed by atoms with E-state index < -0.39 is 26.4 Å². The maximum atomic E-state index is 12.2. The number of rotatable bonds is 9. The van der Waals surface area contributed by atoms with E-state index >= 15 is 0 Å². The Hall–Kier alpha value is -1.79. The number of benzene rings is 2. The van der Waals surface area contributed by atoms with Crippen LogP contribution in [0.2, 0.25) is 5.04 Å². The molecule has 0 aliphatic heterocycles. The SMILES string of the molecule is CC(C)(O)C(CCO[Si](c1ccccc1)(c1ccccc1)C(C)(C)C)C(=O)CO. The lowest BCUT2D eigenvalue weighted by Crippen LogP contribution is -2.66. The molecule has 0 saturated carbocycles. The molecule has 0 aliphatic carbocycles. The molecule has 158 valence electrons. The van der Waals surface area contributed by atoms with Gasteiger partial charge < -0.3 is 14.6 Å². The molecule has 2 aromatic rings. The van der Waals surface area contributed by atoms with Gasteiger partial charge in [0.15, 0.2) is 5.78 Å². The van der Waals surface area contributed by atoms with Gasteiger partial charge in [-0.1, -0.05) is 81.4 Å². The van der Waals surface area contributed by atoms with E-state index in [0.717, 1.165) is 0 Å². The second kappa shape index (κ2) is 9.35. The van der Waals surface area contributed by atoms with Crippen molar-refractivity contribution in [2.24, 2.45) is 5.92 Å². The van der Waals surface area contributed by atoms with Crippen LogP contribution in [0.5, 0.6) is 0 Å². The highest BCUT2D eigenvalue weighted by atomic mass is 28.4. The minimum Gasteiger partial charge on any atom is -0.407 e. The number of Topliss-reactive ketones (excluding diaryl/α,β-unsaturated/α-hetero) is 1. The molecule has 0 fully saturated rings. The Kier molecular flexibility index (Phi) is 7.57. The van der Waals surface area contributed by atoms with Gasteiger partial charge in [-0.2, -0.15) is 0 Å². The van der Waals surface area contributed by atoms with Gasteiger partial charge in [0.25, 0.3) is 8.32 Å². The zero-order valence-corrected chi connectivity index (χ0v) is 19.2. The summed E-state index contributed by atoms with van der Waals surface area (Å²) in [6.45, 7) is 9.56. The highest BCUT2D eigenvalue weighted by Crippen LogP contribution is 2.37. The van der Waals surface area contributed by atoms with Crippen LogP contribution in [-0.2, 0) is 9.22 Å². The van der Waals surface area contributed by atoms with Crippen molar-refractivity contribution in [2.75, 3.05) is 13.2 Å². The molecule has 2 aromatic carbocycles. The van der Waals surface area contributed by atoms with Gasteiger partial charge in [0.1, 0.15) is 6.61 Å². The van der Waals surface area contributed by atoms with Crippen LogP contribution in [0.25, 0.3) is 0 Å². The van der Waals surface area contributed by atoms with Crippen LogP contribution in [0, 0.1) is 5.92 Å². The quantitative estimate of drug-likeness (QED) is 0.619. The highest BCUT2D eigenvalue weighted by Gasteiger charge is 2.50. The fourth-order valence-electron chi connectivity index (χ4n) is 4.11. The molecule has 0 amide bonds. The third kappa shape index (κ3) is 5.23. The van der Waals surface area contributed by atoms with Gasteiger partial charge in [-0.05, 0) is 35.7 Å². The van der Waals surface area contributed by atoms with Gasteiger partial charge in [-0.25, -0.2) is 0 Å². The van der Waals surface area contributed by atoms with E-state index in [1.54, 1.807) is 13.8 Å². The number of aliphatic hydroxyl groups is 2. The number of hydrogen-bond donors (Lipinski definition) is 2. The normalized spacial score (nSPS) is 13.9. The molecule has 0 spiro atoms. The molecular formula is C24H34O4Si. The zero-order chi connectivity index (χ0) is 21.7. The van der Waals surface area contributed by atoms with Crippen molar-refractivity contribution in [1.29, 1.82) is 0 Å².